The van der Waals surface area contributed by atoms with E-state index in [0.717, 1.165) is 11.3 Å². The Morgan fingerprint density at radius 1 is 0.773 bits per heavy atom. The second-order valence-corrected chi connectivity index (χ2v) is 5.63. The number of benzene rings is 3. The van der Waals surface area contributed by atoms with Crippen molar-refractivity contribution in [2.45, 2.75) is 4.90 Å². The van der Waals surface area contributed by atoms with Gasteiger partial charge in [0.25, 0.3) is 0 Å². The number of ether oxygens (including phenoxy) is 1. The Bertz CT molecular complexity index is 786. The van der Waals surface area contributed by atoms with Crippen LogP contribution in [0.4, 0.5) is 0 Å². The molecule has 0 fully saturated rings. The van der Waals surface area contributed by atoms with Crippen LogP contribution in [0.2, 0.25) is 0 Å². The van der Waals surface area contributed by atoms with E-state index in [1.807, 2.05) is 60.7 Å². The van der Waals surface area contributed by atoms with E-state index in [9.17, 15) is 8.76 Å². The first-order valence-corrected chi connectivity index (χ1v) is 7.88. The van der Waals surface area contributed by atoms with Gasteiger partial charge in [-0.1, -0.05) is 48.5 Å². The molecule has 4 heteroatoms. The quantitative estimate of drug-likeness (QED) is 0.709. The molecule has 0 amide bonds. The molecule has 0 spiro atoms. The molecule has 0 aliphatic carbocycles. The van der Waals surface area contributed by atoms with Gasteiger partial charge in [0.05, 0.1) is 4.90 Å². The van der Waals surface area contributed by atoms with Gasteiger partial charge < -0.3 is 9.29 Å². The summed E-state index contributed by atoms with van der Waals surface area (Å²) in [5.74, 6) is 1.35. The van der Waals surface area contributed by atoms with Gasteiger partial charge in [0.1, 0.15) is 11.5 Å². The van der Waals surface area contributed by atoms with Crippen molar-refractivity contribution < 1.29 is 13.5 Å². The van der Waals surface area contributed by atoms with Crippen LogP contribution in [0, 0.1) is 0 Å². The molecular formula is C18H14O3S. The standard InChI is InChI=1S/C18H14O3S/c19-22(20)18-12-11-16(21-15-9-5-2-6-10-15)13-17(18)14-7-3-1-4-8-14/h1-13H,(H,19,20). The lowest BCUT2D eigenvalue weighted by Crippen LogP contribution is -1.94. The molecule has 0 aliphatic rings. The van der Waals surface area contributed by atoms with E-state index in [1.165, 1.54) is 0 Å². The highest BCUT2D eigenvalue weighted by Crippen LogP contribution is 2.31. The fraction of sp³-hybridized carbons (Fsp3) is 0. The molecule has 1 atom stereocenters. The maximum absolute atomic E-state index is 11.5. The molecule has 3 rings (SSSR count). The van der Waals surface area contributed by atoms with Crippen LogP contribution in [0.25, 0.3) is 11.1 Å². The number of para-hydroxylation sites is 1. The van der Waals surface area contributed by atoms with Crippen LogP contribution < -0.4 is 4.74 Å². The normalized spacial score (nSPS) is 11.9. The molecule has 1 N–H and O–H groups in total. The van der Waals surface area contributed by atoms with E-state index < -0.39 is 11.1 Å². The number of rotatable bonds is 4. The Labute approximate surface area is 131 Å². The van der Waals surface area contributed by atoms with Crippen molar-refractivity contribution in [2.75, 3.05) is 0 Å². The summed E-state index contributed by atoms with van der Waals surface area (Å²) in [6, 6.07) is 24.0. The Hall–Kier alpha value is -2.43. The van der Waals surface area contributed by atoms with Crippen LogP contribution >= 0.6 is 0 Å². The molecule has 0 aliphatic heterocycles. The zero-order valence-electron chi connectivity index (χ0n) is 11.7. The highest BCUT2D eigenvalue weighted by molar-refractivity contribution is 7.79. The van der Waals surface area contributed by atoms with E-state index in [-0.39, 0.29) is 0 Å². The molecule has 22 heavy (non-hydrogen) atoms. The Morgan fingerprint density at radius 3 is 2.05 bits per heavy atom. The summed E-state index contributed by atoms with van der Waals surface area (Å²) in [6.07, 6.45) is 0. The van der Waals surface area contributed by atoms with Crippen LogP contribution in [0.5, 0.6) is 11.5 Å². The lowest BCUT2D eigenvalue weighted by Gasteiger charge is -2.11. The second-order valence-electron chi connectivity index (χ2n) is 4.69. The zero-order chi connectivity index (χ0) is 15.4. The lowest BCUT2D eigenvalue weighted by molar-refractivity contribution is 0.482. The maximum atomic E-state index is 11.5. The topological polar surface area (TPSA) is 46.5 Å². The van der Waals surface area contributed by atoms with Gasteiger partial charge in [0.15, 0.2) is 11.1 Å². The van der Waals surface area contributed by atoms with E-state index in [0.29, 0.717) is 16.2 Å². The SMILES string of the molecule is O=S(O)c1ccc(Oc2ccccc2)cc1-c1ccccc1. The Morgan fingerprint density at radius 2 is 1.41 bits per heavy atom. The molecule has 3 aromatic rings. The van der Waals surface area contributed by atoms with E-state index in [1.54, 1.807) is 18.2 Å². The van der Waals surface area contributed by atoms with Crippen LogP contribution in [0.15, 0.2) is 83.8 Å². The number of hydrogen-bond acceptors (Lipinski definition) is 2. The molecule has 3 aromatic carbocycles. The molecule has 0 heterocycles. The predicted octanol–water partition coefficient (Wildman–Crippen LogP) is 4.73. The predicted molar refractivity (Wildman–Crippen MR) is 87.4 cm³/mol. The average Bonchev–Trinajstić information content (AvgIpc) is 2.56. The minimum Gasteiger partial charge on any atom is -0.457 e. The third-order valence-electron chi connectivity index (χ3n) is 3.20. The third kappa shape index (κ3) is 3.24. The summed E-state index contributed by atoms with van der Waals surface area (Å²) in [7, 11) is 0. The Balaban J connectivity index is 2.03. The fourth-order valence-electron chi connectivity index (χ4n) is 2.19. The summed E-state index contributed by atoms with van der Waals surface area (Å²) in [5.41, 5.74) is 1.56. The monoisotopic (exact) mass is 310 g/mol. The molecule has 0 radical (unpaired) electrons. The molecule has 0 saturated heterocycles. The van der Waals surface area contributed by atoms with Gasteiger partial charge >= 0.3 is 0 Å². The van der Waals surface area contributed by atoms with Crippen molar-refractivity contribution in [3.63, 3.8) is 0 Å². The first-order valence-electron chi connectivity index (χ1n) is 6.77. The first-order chi connectivity index (χ1) is 10.7. The second kappa shape index (κ2) is 6.56. The third-order valence-corrected chi connectivity index (χ3v) is 3.94. The van der Waals surface area contributed by atoms with E-state index in [2.05, 4.69) is 0 Å². The van der Waals surface area contributed by atoms with Crippen molar-refractivity contribution in [1.29, 1.82) is 0 Å². The molecule has 110 valence electrons. The van der Waals surface area contributed by atoms with Gasteiger partial charge in [-0.05, 0) is 35.9 Å². The zero-order valence-corrected chi connectivity index (χ0v) is 12.5. The van der Waals surface area contributed by atoms with Crippen molar-refractivity contribution >= 4 is 11.1 Å². The van der Waals surface area contributed by atoms with E-state index in [4.69, 9.17) is 4.74 Å². The number of hydrogen-bond donors (Lipinski definition) is 1. The van der Waals surface area contributed by atoms with Gasteiger partial charge in [-0.15, -0.1) is 0 Å². The van der Waals surface area contributed by atoms with Gasteiger partial charge in [0.2, 0.25) is 0 Å². The maximum Gasteiger partial charge on any atom is 0.187 e. The molecular weight excluding hydrogens is 296 g/mol. The van der Waals surface area contributed by atoms with Crippen LogP contribution in [-0.4, -0.2) is 8.76 Å². The van der Waals surface area contributed by atoms with Crippen LogP contribution in [-0.2, 0) is 11.1 Å². The van der Waals surface area contributed by atoms with Crippen LogP contribution in [0.3, 0.4) is 0 Å². The first kappa shape index (κ1) is 14.5. The van der Waals surface area contributed by atoms with Crippen molar-refractivity contribution in [3.8, 4) is 22.6 Å². The van der Waals surface area contributed by atoms with Crippen molar-refractivity contribution in [1.82, 2.24) is 0 Å². The van der Waals surface area contributed by atoms with Gasteiger partial charge in [-0.2, -0.15) is 0 Å². The highest BCUT2D eigenvalue weighted by atomic mass is 32.2. The summed E-state index contributed by atoms with van der Waals surface area (Å²) in [5, 5.41) is 0. The van der Waals surface area contributed by atoms with Crippen molar-refractivity contribution in [2.24, 2.45) is 0 Å². The minimum absolute atomic E-state index is 0.367. The largest absolute Gasteiger partial charge is 0.457 e. The molecule has 3 nitrogen and oxygen atoms in total. The van der Waals surface area contributed by atoms with Crippen LogP contribution in [0.1, 0.15) is 0 Å². The summed E-state index contributed by atoms with van der Waals surface area (Å²) in [6.45, 7) is 0. The minimum atomic E-state index is -2.05. The molecule has 0 aromatic heterocycles. The van der Waals surface area contributed by atoms with E-state index >= 15 is 0 Å². The lowest BCUT2D eigenvalue weighted by atomic mass is 10.1. The smallest absolute Gasteiger partial charge is 0.187 e. The molecule has 1 unspecified atom stereocenters. The van der Waals surface area contributed by atoms with Gasteiger partial charge in [-0.3, -0.25) is 0 Å². The van der Waals surface area contributed by atoms with Gasteiger partial charge in [-0.25, -0.2) is 4.21 Å². The van der Waals surface area contributed by atoms with Crippen molar-refractivity contribution in [3.05, 3.63) is 78.9 Å². The summed E-state index contributed by atoms with van der Waals surface area (Å²) in [4.78, 5) is 0.367. The molecule has 0 saturated carbocycles. The fourth-order valence-corrected chi connectivity index (χ4v) is 2.74. The van der Waals surface area contributed by atoms with Gasteiger partial charge in [0, 0.05) is 5.56 Å². The summed E-state index contributed by atoms with van der Waals surface area (Å²) < 4.78 is 26.8. The average molecular weight is 310 g/mol. The highest BCUT2D eigenvalue weighted by Gasteiger charge is 2.11. The summed E-state index contributed by atoms with van der Waals surface area (Å²) >= 11 is -2.05. The molecule has 0 bridgehead atoms. The Kier molecular flexibility index (Phi) is 4.32.